The average molecular weight is 362 g/mol. The Morgan fingerprint density at radius 1 is 1.42 bits per heavy atom. The van der Waals surface area contributed by atoms with Gasteiger partial charge >= 0.3 is 12.1 Å². The number of benzene rings is 1. The number of hydrogen-bond acceptors (Lipinski definition) is 4. The molecule has 0 aliphatic carbocycles. The third kappa shape index (κ3) is 3.09. The van der Waals surface area contributed by atoms with E-state index in [0.717, 1.165) is 16.4 Å². The van der Waals surface area contributed by atoms with Crippen LogP contribution in [0.25, 0.3) is 0 Å². The number of carboxylic acid groups (broad SMARTS) is 1. The minimum Gasteiger partial charge on any atom is -0.481 e. The summed E-state index contributed by atoms with van der Waals surface area (Å²) in [6, 6.07) is 3.71. The highest BCUT2D eigenvalue weighted by molar-refractivity contribution is 7.89. The Kier molecular flexibility index (Phi) is 4.37. The van der Waals surface area contributed by atoms with Crippen LogP contribution in [-0.2, 0) is 21.0 Å². The van der Waals surface area contributed by atoms with E-state index in [9.17, 15) is 26.4 Å². The van der Waals surface area contributed by atoms with Gasteiger partial charge in [-0.25, -0.2) is 8.42 Å². The van der Waals surface area contributed by atoms with E-state index in [1.54, 1.807) is 0 Å². The number of sulfonamides is 1. The first-order chi connectivity index (χ1) is 10.9. The Bertz CT molecular complexity index is 829. The first-order valence-electron chi connectivity index (χ1n) is 6.77. The van der Waals surface area contributed by atoms with Crippen LogP contribution < -0.4 is 0 Å². The SMILES string of the molecule is CC1(C(=O)O)CCN(S(=O)(=O)c2ccc(C#N)cc2C(F)(F)F)C1. The van der Waals surface area contributed by atoms with Crippen LogP contribution in [-0.4, -0.2) is 36.9 Å². The molecule has 0 saturated carbocycles. The molecule has 1 aliphatic heterocycles. The molecule has 130 valence electrons. The Labute approximate surface area is 136 Å². The second-order valence-corrected chi connectivity index (χ2v) is 7.68. The van der Waals surface area contributed by atoms with Crippen molar-refractivity contribution in [1.29, 1.82) is 5.26 Å². The summed E-state index contributed by atoms with van der Waals surface area (Å²) in [5, 5.41) is 17.9. The Balaban J connectivity index is 2.52. The maximum absolute atomic E-state index is 13.2. The molecule has 1 aromatic carbocycles. The molecule has 0 radical (unpaired) electrons. The zero-order valence-electron chi connectivity index (χ0n) is 12.5. The van der Waals surface area contributed by atoms with Crippen molar-refractivity contribution in [3.8, 4) is 6.07 Å². The minimum atomic E-state index is -4.97. The average Bonchev–Trinajstić information content (AvgIpc) is 2.90. The van der Waals surface area contributed by atoms with Gasteiger partial charge in [-0.3, -0.25) is 4.79 Å². The van der Waals surface area contributed by atoms with Gasteiger partial charge in [0.1, 0.15) is 0 Å². The maximum atomic E-state index is 13.2. The summed E-state index contributed by atoms with van der Waals surface area (Å²) < 4.78 is 65.4. The minimum absolute atomic E-state index is 0.000800. The van der Waals surface area contributed by atoms with E-state index in [2.05, 4.69) is 0 Å². The van der Waals surface area contributed by atoms with Crippen molar-refractivity contribution in [2.24, 2.45) is 5.41 Å². The van der Waals surface area contributed by atoms with E-state index < -0.39 is 44.6 Å². The highest BCUT2D eigenvalue weighted by Crippen LogP contribution is 2.39. The number of carboxylic acids is 1. The number of alkyl halides is 3. The molecule has 1 N–H and O–H groups in total. The van der Waals surface area contributed by atoms with Gasteiger partial charge in [-0.1, -0.05) is 0 Å². The Morgan fingerprint density at radius 3 is 2.50 bits per heavy atom. The largest absolute Gasteiger partial charge is 0.481 e. The fourth-order valence-corrected chi connectivity index (χ4v) is 4.24. The molecule has 0 aromatic heterocycles. The quantitative estimate of drug-likeness (QED) is 0.887. The molecule has 24 heavy (non-hydrogen) atoms. The molecular weight excluding hydrogens is 349 g/mol. The molecule has 1 atom stereocenters. The fraction of sp³-hybridized carbons (Fsp3) is 0.429. The van der Waals surface area contributed by atoms with Gasteiger partial charge in [0.25, 0.3) is 0 Å². The second kappa shape index (κ2) is 5.75. The van der Waals surface area contributed by atoms with Gasteiger partial charge in [-0.15, -0.1) is 0 Å². The molecular formula is C14H13F3N2O4S. The van der Waals surface area contributed by atoms with Crippen LogP contribution in [0.15, 0.2) is 23.1 Å². The summed E-state index contributed by atoms with van der Waals surface area (Å²) in [5.74, 6) is -1.21. The molecule has 1 aliphatic rings. The van der Waals surface area contributed by atoms with Crippen LogP contribution in [0, 0.1) is 16.7 Å². The van der Waals surface area contributed by atoms with Gasteiger partial charge in [0.2, 0.25) is 10.0 Å². The highest BCUT2D eigenvalue weighted by Gasteiger charge is 2.47. The standard InChI is InChI=1S/C14H13F3N2O4S/c1-13(12(20)21)4-5-19(8-13)24(22,23)11-3-2-9(7-18)6-10(11)14(15,16)17/h2-3,6H,4-5,8H2,1H3,(H,20,21). The van der Waals surface area contributed by atoms with Crippen LogP contribution in [0.5, 0.6) is 0 Å². The van der Waals surface area contributed by atoms with E-state index in [1.807, 2.05) is 0 Å². The zero-order chi connectivity index (χ0) is 18.3. The first kappa shape index (κ1) is 18.2. The zero-order valence-corrected chi connectivity index (χ0v) is 13.3. The van der Waals surface area contributed by atoms with E-state index in [1.165, 1.54) is 13.0 Å². The van der Waals surface area contributed by atoms with Crippen molar-refractivity contribution < 1.29 is 31.5 Å². The van der Waals surface area contributed by atoms with Crippen LogP contribution in [0.2, 0.25) is 0 Å². The number of carbonyl (C=O) groups is 1. The maximum Gasteiger partial charge on any atom is 0.417 e. The number of nitriles is 1. The fourth-order valence-electron chi connectivity index (χ4n) is 2.48. The van der Waals surface area contributed by atoms with Crippen LogP contribution in [0.1, 0.15) is 24.5 Å². The van der Waals surface area contributed by atoms with Crippen LogP contribution >= 0.6 is 0 Å². The summed E-state index contributed by atoms with van der Waals surface area (Å²) in [4.78, 5) is 10.2. The molecule has 1 fully saturated rings. The Hall–Kier alpha value is -2.12. The van der Waals surface area contributed by atoms with E-state index in [-0.39, 0.29) is 18.5 Å². The second-order valence-electron chi connectivity index (χ2n) is 5.77. The van der Waals surface area contributed by atoms with E-state index >= 15 is 0 Å². The molecule has 0 amide bonds. The third-order valence-corrected chi connectivity index (χ3v) is 5.89. The third-order valence-electron chi connectivity index (χ3n) is 3.99. The van der Waals surface area contributed by atoms with Gasteiger partial charge in [-0.2, -0.15) is 22.7 Å². The van der Waals surface area contributed by atoms with Crippen molar-refractivity contribution in [3.63, 3.8) is 0 Å². The lowest BCUT2D eigenvalue weighted by Crippen LogP contribution is -2.35. The summed E-state index contributed by atoms with van der Waals surface area (Å²) >= 11 is 0. The van der Waals surface area contributed by atoms with Gasteiger partial charge in [0.15, 0.2) is 0 Å². The predicted octanol–water partition coefficient (Wildman–Crippen LogP) is 2.06. The number of hydrogen-bond donors (Lipinski definition) is 1. The molecule has 1 unspecified atom stereocenters. The van der Waals surface area contributed by atoms with Crippen molar-refractivity contribution in [2.75, 3.05) is 13.1 Å². The summed E-state index contributed by atoms with van der Waals surface area (Å²) in [7, 11) is -4.54. The molecule has 6 nitrogen and oxygen atoms in total. The monoisotopic (exact) mass is 362 g/mol. The van der Waals surface area contributed by atoms with Crippen molar-refractivity contribution in [2.45, 2.75) is 24.4 Å². The van der Waals surface area contributed by atoms with Crippen molar-refractivity contribution in [1.82, 2.24) is 4.31 Å². The van der Waals surface area contributed by atoms with Crippen LogP contribution in [0.4, 0.5) is 13.2 Å². The van der Waals surface area contributed by atoms with Crippen molar-refractivity contribution in [3.05, 3.63) is 29.3 Å². The van der Waals surface area contributed by atoms with Gasteiger partial charge < -0.3 is 5.11 Å². The molecule has 0 spiro atoms. The molecule has 10 heteroatoms. The molecule has 1 aromatic rings. The molecule has 1 heterocycles. The molecule has 1 saturated heterocycles. The molecule has 0 bridgehead atoms. The topological polar surface area (TPSA) is 98.5 Å². The summed E-state index contributed by atoms with van der Waals surface area (Å²) in [6.45, 7) is 0.735. The summed E-state index contributed by atoms with van der Waals surface area (Å²) in [5.41, 5.74) is -3.11. The lowest BCUT2D eigenvalue weighted by atomic mass is 9.90. The number of halogens is 3. The van der Waals surface area contributed by atoms with E-state index in [4.69, 9.17) is 10.4 Å². The first-order valence-corrected chi connectivity index (χ1v) is 8.21. The Morgan fingerprint density at radius 2 is 2.04 bits per heavy atom. The summed E-state index contributed by atoms with van der Waals surface area (Å²) in [6.07, 6.45) is -4.97. The van der Waals surface area contributed by atoms with E-state index in [0.29, 0.717) is 6.07 Å². The van der Waals surface area contributed by atoms with Gasteiger partial charge in [0.05, 0.1) is 27.5 Å². The predicted molar refractivity (Wildman–Crippen MR) is 75.3 cm³/mol. The lowest BCUT2D eigenvalue weighted by Gasteiger charge is -2.22. The van der Waals surface area contributed by atoms with Crippen molar-refractivity contribution >= 4 is 16.0 Å². The highest BCUT2D eigenvalue weighted by atomic mass is 32.2. The van der Waals surface area contributed by atoms with Gasteiger partial charge in [0, 0.05) is 13.1 Å². The van der Waals surface area contributed by atoms with Crippen LogP contribution in [0.3, 0.4) is 0 Å². The van der Waals surface area contributed by atoms with Gasteiger partial charge in [-0.05, 0) is 31.5 Å². The number of nitrogens with zero attached hydrogens (tertiary/aromatic N) is 2. The number of rotatable bonds is 3. The lowest BCUT2D eigenvalue weighted by molar-refractivity contribution is -0.147. The molecule has 2 rings (SSSR count). The normalized spacial score (nSPS) is 22.3. The number of aliphatic carboxylic acids is 1. The smallest absolute Gasteiger partial charge is 0.417 e.